The molecule has 9 heteroatoms. The van der Waals surface area contributed by atoms with E-state index in [1.54, 1.807) is 23.1 Å². The van der Waals surface area contributed by atoms with Gasteiger partial charge < -0.3 is 23.7 Å². The zero-order chi connectivity index (χ0) is 25.8. The first kappa shape index (κ1) is 24.3. The molecule has 0 unspecified atom stereocenters. The van der Waals surface area contributed by atoms with E-state index in [0.29, 0.717) is 56.1 Å². The lowest BCUT2D eigenvalue weighted by molar-refractivity contribution is 0.0742. The second kappa shape index (κ2) is 10.7. The molecule has 37 heavy (non-hydrogen) atoms. The first-order valence-electron chi connectivity index (χ1n) is 12.4. The molecule has 2 aromatic heterocycles. The minimum absolute atomic E-state index is 0.0223. The number of para-hydroxylation sites is 1. The Balaban J connectivity index is 1.25. The largest absolute Gasteiger partial charge is 0.494 e. The van der Waals surface area contributed by atoms with Gasteiger partial charge in [-0.25, -0.2) is 4.79 Å². The normalized spacial score (nSPS) is 13.6. The number of fused-ring (bicyclic) bond motifs is 1. The van der Waals surface area contributed by atoms with Gasteiger partial charge in [-0.2, -0.15) is 0 Å². The summed E-state index contributed by atoms with van der Waals surface area (Å²) in [6, 6.07) is 18.5. The molecule has 5 rings (SSSR count). The smallest absolute Gasteiger partial charge is 0.349 e. The molecular weight excluding hydrogens is 472 g/mol. The van der Waals surface area contributed by atoms with Crippen LogP contribution in [0.2, 0.25) is 0 Å². The van der Waals surface area contributed by atoms with Crippen LogP contribution in [0, 0.1) is 0 Å². The summed E-state index contributed by atoms with van der Waals surface area (Å²) in [6.45, 7) is 6.95. The van der Waals surface area contributed by atoms with Crippen LogP contribution in [0.3, 0.4) is 0 Å². The van der Waals surface area contributed by atoms with Crippen LogP contribution < -0.4 is 20.0 Å². The standard InChI is InChI=1S/C28H28N4O5/c1-3-35-21-10-8-19(9-11-21)23-12-13-25(30-29-23)31-14-16-32(17-15-31)27(33)22-18-20-6-5-7-24(36-4-2)26(20)37-28(22)34/h5-13,18H,3-4,14-17H2,1-2H3. The van der Waals surface area contributed by atoms with E-state index in [4.69, 9.17) is 13.9 Å². The Bertz CT molecular complexity index is 1440. The van der Waals surface area contributed by atoms with Crippen molar-refractivity contribution in [1.82, 2.24) is 15.1 Å². The highest BCUT2D eigenvalue weighted by atomic mass is 16.5. The van der Waals surface area contributed by atoms with Crippen LogP contribution in [0.1, 0.15) is 24.2 Å². The van der Waals surface area contributed by atoms with Crippen LogP contribution in [0.15, 0.2) is 69.9 Å². The van der Waals surface area contributed by atoms with Gasteiger partial charge in [0.15, 0.2) is 17.2 Å². The van der Waals surface area contributed by atoms with Gasteiger partial charge in [0.1, 0.15) is 11.3 Å². The molecule has 1 fully saturated rings. The Morgan fingerprint density at radius 1 is 0.919 bits per heavy atom. The fourth-order valence-corrected chi connectivity index (χ4v) is 4.38. The predicted molar refractivity (Wildman–Crippen MR) is 140 cm³/mol. The van der Waals surface area contributed by atoms with Crippen molar-refractivity contribution in [1.29, 1.82) is 0 Å². The molecule has 0 aliphatic carbocycles. The van der Waals surface area contributed by atoms with Crippen molar-refractivity contribution in [2.75, 3.05) is 44.3 Å². The quantitative estimate of drug-likeness (QED) is 0.351. The fourth-order valence-electron chi connectivity index (χ4n) is 4.38. The number of rotatable bonds is 7. The molecule has 0 bridgehead atoms. The average Bonchev–Trinajstić information content (AvgIpc) is 2.94. The third kappa shape index (κ3) is 5.11. The molecule has 0 saturated carbocycles. The minimum atomic E-state index is -0.664. The van der Waals surface area contributed by atoms with Gasteiger partial charge in [0, 0.05) is 37.1 Å². The van der Waals surface area contributed by atoms with Crippen LogP contribution in [0.4, 0.5) is 5.82 Å². The van der Waals surface area contributed by atoms with E-state index in [1.807, 2.05) is 56.3 Å². The summed E-state index contributed by atoms with van der Waals surface area (Å²) < 4.78 is 16.5. The highest BCUT2D eigenvalue weighted by molar-refractivity contribution is 5.97. The molecule has 1 aliphatic heterocycles. The number of piperazine rings is 1. The summed E-state index contributed by atoms with van der Waals surface area (Å²) in [5.41, 5.74) is 1.44. The van der Waals surface area contributed by atoms with Crippen LogP contribution in [-0.4, -0.2) is 60.4 Å². The molecule has 0 N–H and O–H groups in total. The molecule has 0 spiro atoms. The molecule has 1 saturated heterocycles. The summed E-state index contributed by atoms with van der Waals surface area (Å²) in [7, 11) is 0. The monoisotopic (exact) mass is 500 g/mol. The number of carbonyl (C=O) groups excluding carboxylic acids is 1. The third-order valence-electron chi connectivity index (χ3n) is 6.26. The lowest BCUT2D eigenvalue weighted by atomic mass is 10.1. The minimum Gasteiger partial charge on any atom is -0.494 e. The van der Waals surface area contributed by atoms with E-state index in [1.165, 1.54) is 0 Å². The second-order valence-corrected chi connectivity index (χ2v) is 8.57. The lowest BCUT2D eigenvalue weighted by Crippen LogP contribution is -2.49. The van der Waals surface area contributed by atoms with Gasteiger partial charge in [-0.1, -0.05) is 12.1 Å². The van der Waals surface area contributed by atoms with Gasteiger partial charge in [-0.3, -0.25) is 4.79 Å². The van der Waals surface area contributed by atoms with E-state index < -0.39 is 5.63 Å². The average molecular weight is 501 g/mol. The van der Waals surface area contributed by atoms with Crippen LogP contribution >= 0.6 is 0 Å². The van der Waals surface area contributed by atoms with Crippen molar-refractivity contribution in [3.63, 3.8) is 0 Å². The Morgan fingerprint density at radius 3 is 2.35 bits per heavy atom. The molecular formula is C28H28N4O5. The van der Waals surface area contributed by atoms with Crippen LogP contribution in [0.25, 0.3) is 22.2 Å². The summed E-state index contributed by atoms with van der Waals surface area (Å²) in [5, 5.41) is 9.44. The molecule has 0 radical (unpaired) electrons. The number of benzene rings is 2. The number of aromatic nitrogens is 2. The summed E-state index contributed by atoms with van der Waals surface area (Å²) >= 11 is 0. The van der Waals surface area contributed by atoms with Gasteiger partial charge >= 0.3 is 5.63 Å². The highest BCUT2D eigenvalue weighted by Crippen LogP contribution is 2.26. The topological polar surface area (TPSA) is 98.0 Å². The lowest BCUT2D eigenvalue weighted by Gasteiger charge is -2.35. The number of hydrogen-bond donors (Lipinski definition) is 0. The second-order valence-electron chi connectivity index (χ2n) is 8.57. The Morgan fingerprint density at radius 2 is 1.68 bits per heavy atom. The zero-order valence-corrected chi connectivity index (χ0v) is 20.8. The van der Waals surface area contributed by atoms with Crippen molar-refractivity contribution < 1.29 is 18.7 Å². The Kier molecular flexibility index (Phi) is 7.02. The van der Waals surface area contributed by atoms with Gasteiger partial charge in [-0.15, -0.1) is 10.2 Å². The Hall–Kier alpha value is -4.40. The van der Waals surface area contributed by atoms with Crippen molar-refractivity contribution >= 4 is 22.7 Å². The van der Waals surface area contributed by atoms with Crippen molar-refractivity contribution in [3.05, 3.63) is 76.6 Å². The fraction of sp³-hybridized carbons (Fsp3) is 0.286. The molecule has 1 amide bonds. The van der Waals surface area contributed by atoms with Crippen LogP contribution in [-0.2, 0) is 0 Å². The molecule has 0 atom stereocenters. The van der Waals surface area contributed by atoms with Gasteiger partial charge in [0.05, 0.1) is 18.9 Å². The summed E-state index contributed by atoms with van der Waals surface area (Å²) in [6.07, 6.45) is 0. The molecule has 1 aliphatic rings. The molecule has 4 aromatic rings. The maximum absolute atomic E-state index is 13.2. The van der Waals surface area contributed by atoms with Gasteiger partial charge in [0.2, 0.25) is 0 Å². The number of ether oxygens (including phenoxy) is 2. The van der Waals surface area contributed by atoms with E-state index in [2.05, 4.69) is 15.1 Å². The first-order valence-corrected chi connectivity index (χ1v) is 12.4. The van der Waals surface area contributed by atoms with E-state index >= 15 is 0 Å². The number of amides is 1. The summed E-state index contributed by atoms with van der Waals surface area (Å²) in [4.78, 5) is 29.6. The summed E-state index contributed by atoms with van der Waals surface area (Å²) in [5.74, 6) is 1.71. The number of carbonyl (C=O) groups is 1. The van der Waals surface area contributed by atoms with Crippen molar-refractivity contribution in [3.8, 4) is 22.8 Å². The van der Waals surface area contributed by atoms with Crippen LogP contribution in [0.5, 0.6) is 11.5 Å². The van der Waals surface area contributed by atoms with Gasteiger partial charge in [0.25, 0.3) is 5.91 Å². The maximum atomic E-state index is 13.2. The van der Waals surface area contributed by atoms with Crippen molar-refractivity contribution in [2.24, 2.45) is 0 Å². The Labute approximate surface area is 214 Å². The van der Waals surface area contributed by atoms with E-state index in [9.17, 15) is 9.59 Å². The molecule has 3 heterocycles. The number of hydrogen-bond acceptors (Lipinski definition) is 8. The van der Waals surface area contributed by atoms with Gasteiger partial charge in [-0.05, 0) is 62.4 Å². The predicted octanol–water partition coefficient (Wildman–Crippen LogP) is 4.01. The number of anilines is 1. The number of nitrogens with zero attached hydrogens (tertiary/aromatic N) is 4. The third-order valence-corrected chi connectivity index (χ3v) is 6.26. The first-order chi connectivity index (χ1) is 18.1. The SMILES string of the molecule is CCOc1ccc(-c2ccc(N3CCN(C(=O)c4cc5cccc(OCC)c5oc4=O)CC3)nn2)cc1. The van der Waals surface area contributed by atoms with E-state index in [0.717, 1.165) is 22.8 Å². The molecule has 2 aromatic carbocycles. The van der Waals surface area contributed by atoms with E-state index in [-0.39, 0.29) is 11.5 Å². The zero-order valence-electron chi connectivity index (χ0n) is 20.8. The molecule has 9 nitrogen and oxygen atoms in total. The highest BCUT2D eigenvalue weighted by Gasteiger charge is 2.26. The van der Waals surface area contributed by atoms with Crippen molar-refractivity contribution in [2.45, 2.75) is 13.8 Å². The molecule has 190 valence electrons. The maximum Gasteiger partial charge on any atom is 0.349 e.